The Morgan fingerprint density at radius 1 is 1.33 bits per heavy atom. The van der Waals surface area contributed by atoms with Crippen molar-refractivity contribution in [2.75, 3.05) is 24.6 Å². The van der Waals surface area contributed by atoms with Gasteiger partial charge < -0.3 is 5.32 Å². The van der Waals surface area contributed by atoms with Crippen molar-refractivity contribution in [1.29, 1.82) is 0 Å². The highest BCUT2D eigenvalue weighted by atomic mass is 32.2. The van der Waals surface area contributed by atoms with E-state index in [9.17, 15) is 8.42 Å². The summed E-state index contributed by atoms with van der Waals surface area (Å²) in [6.07, 6.45) is 4.50. The quantitative estimate of drug-likeness (QED) is 0.786. The van der Waals surface area contributed by atoms with Gasteiger partial charge in [0.2, 0.25) is 0 Å². The molecule has 4 nitrogen and oxygen atoms in total. The van der Waals surface area contributed by atoms with Crippen LogP contribution in [0, 0.1) is 0 Å². The van der Waals surface area contributed by atoms with E-state index in [4.69, 9.17) is 0 Å². The lowest BCUT2D eigenvalue weighted by Crippen LogP contribution is -2.29. The largest absolute Gasteiger partial charge is 0.373 e. The van der Waals surface area contributed by atoms with Crippen LogP contribution in [-0.4, -0.2) is 38.8 Å². The van der Waals surface area contributed by atoms with Gasteiger partial charge in [0.1, 0.15) is 0 Å². The summed E-state index contributed by atoms with van der Waals surface area (Å²) in [4.78, 5) is 4.38. The Balaban J connectivity index is 2.27. The first-order valence-electron chi connectivity index (χ1n) is 5.61. The minimum absolute atomic E-state index is 0.211. The summed E-state index contributed by atoms with van der Waals surface area (Å²) >= 11 is 0. The number of hydrogen-bond donors (Lipinski definition) is 1. The molecule has 1 N–H and O–H groups in total. The smallest absolute Gasteiger partial charge is 0.151 e. The van der Waals surface area contributed by atoms with Gasteiger partial charge in [0.05, 0.1) is 11.6 Å². The summed E-state index contributed by atoms with van der Waals surface area (Å²) in [7, 11) is -2.85. The van der Waals surface area contributed by atoms with Crippen molar-refractivity contribution in [2.45, 2.75) is 32.6 Å². The number of sulfone groups is 1. The van der Waals surface area contributed by atoms with Crippen LogP contribution in [0.4, 0.5) is 0 Å². The summed E-state index contributed by atoms with van der Waals surface area (Å²) in [6, 6.07) is 0. The van der Waals surface area contributed by atoms with Gasteiger partial charge >= 0.3 is 0 Å². The summed E-state index contributed by atoms with van der Waals surface area (Å²) in [5.41, 5.74) is 0. The zero-order valence-corrected chi connectivity index (χ0v) is 10.1. The third kappa shape index (κ3) is 5.16. The summed E-state index contributed by atoms with van der Waals surface area (Å²) < 4.78 is 22.5. The molecule has 0 aromatic rings. The van der Waals surface area contributed by atoms with Crippen molar-refractivity contribution in [3.8, 4) is 0 Å². The van der Waals surface area contributed by atoms with Crippen molar-refractivity contribution in [2.24, 2.45) is 4.99 Å². The highest BCUT2D eigenvalue weighted by Crippen LogP contribution is 2.05. The number of hydrogen-bond acceptors (Lipinski definition) is 4. The maximum absolute atomic E-state index is 11.2. The van der Waals surface area contributed by atoms with Crippen LogP contribution in [0.25, 0.3) is 0 Å². The molecular weight excluding hydrogens is 212 g/mol. The first-order chi connectivity index (χ1) is 7.14. The van der Waals surface area contributed by atoms with Crippen LogP contribution in [0.2, 0.25) is 0 Å². The molecule has 0 fully saturated rings. The molecule has 1 heterocycles. The van der Waals surface area contributed by atoms with E-state index in [0.717, 1.165) is 31.6 Å². The predicted molar refractivity (Wildman–Crippen MR) is 63.1 cm³/mol. The highest BCUT2D eigenvalue weighted by Gasteiger charge is 2.08. The Morgan fingerprint density at radius 2 is 2.13 bits per heavy atom. The van der Waals surface area contributed by atoms with E-state index in [1.54, 1.807) is 6.92 Å². The number of nitrogens with one attached hydrogen (secondary N) is 1. The van der Waals surface area contributed by atoms with Crippen molar-refractivity contribution < 1.29 is 8.42 Å². The fourth-order valence-corrected chi connectivity index (χ4v) is 2.22. The van der Waals surface area contributed by atoms with E-state index >= 15 is 0 Å². The molecule has 0 bridgehead atoms. The lowest BCUT2D eigenvalue weighted by molar-refractivity contribution is 0.596. The Labute approximate surface area is 92.1 Å². The van der Waals surface area contributed by atoms with Gasteiger partial charge in [0.15, 0.2) is 9.84 Å². The third-order valence-electron chi connectivity index (χ3n) is 2.56. The highest BCUT2D eigenvalue weighted by molar-refractivity contribution is 7.91. The van der Waals surface area contributed by atoms with Gasteiger partial charge in [-0.3, -0.25) is 4.99 Å². The van der Waals surface area contributed by atoms with Gasteiger partial charge in [-0.2, -0.15) is 0 Å². The topological polar surface area (TPSA) is 58.5 Å². The lowest BCUT2D eigenvalue weighted by Gasteiger charge is -2.07. The Bertz CT molecular complexity index is 309. The van der Waals surface area contributed by atoms with Crippen LogP contribution >= 0.6 is 0 Å². The number of rotatable bonds is 4. The number of aliphatic imine (C=N–C) groups is 1. The van der Waals surface area contributed by atoms with E-state index < -0.39 is 9.84 Å². The van der Waals surface area contributed by atoms with Gasteiger partial charge in [-0.15, -0.1) is 0 Å². The third-order valence-corrected chi connectivity index (χ3v) is 4.26. The van der Waals surface area contributed by atoms with Crippen molar-refractivity contribution in [3.63, 3.8) is 0 Å². The molecule has 0 unspecified atom stereocenters. The maximum Gasteiger partial charge on any atom is 0.151 e. The Morgan fingerprint density at radius 3 is 2.87 bits per heavy atom. The second-order valence-corrected chi connectivity index (χ2v) is 6.27. The van der Waals surface area contributed by atoms with Crippen LogP contribution < -0.4 is 5.32 Å². The first kappa shape index (κ1) is 12.5. The molecule has 0 atom stereocenters. The summed E-state index contributed by atoms with van der Waals surface area (Å²) in [5.74, 6) is 1.42. The average Bonchev–Trinajstić information content (AvgIpc) is 2.46. The zero-order chi connectivity index (χ0) is 11.1. The fourth-order valence-electron chi connectivity index (χ4n) is 1.51. The minimum atomic E-state index is -2.85. The van der Waals surface area contributed by atoms with Gasteiger partial charge in [0, 0.05) is 25.3 Å². The van der Waals surface area contributed by atoms with E-state index in [-0.39, 0.29) is 11.5 Å². The van der Waals surface area contributed by atoms with Crippen LogP contribution in [-0.2, 0) is 9.84 Å². The summed E-state index contributed by atoms with van der Waals surface area (Å²) in [5, 5.41) is 3.12. The van der Waals surface area contributed by atoms with Crippen LogP contribution in [0.1, 0.15) is 32.6 Å². The monoisotopic (exact) mass is 232 g/mol. The van der Waals surface area contributed by atoms with Crippen LogP contribution in [0.15, 0.2) is 4.99 Å². The average molecular weight is 232 g/mol. The molecular formula is C10H20N2O2S. The van der Waals surface area contributed by atoms with Gasteiger partial charge in [0.25, 0.3) is 0 Å². The maximum atomic E-state index is 11.2. The Kier molecular flexibility index (Phi) is 5.08. The molecule has 0 aromatic heterocycles. The lowest BCUT2D eigenvalue weighted by atomic mass is 10.2. The zero-order valence-electron chi connectivity index (χ0n) is 9.33. The Hall–Kier alpha value is -0.580. The molecule has 0 aromatic carbocycles. The molecule has 1 aliphatic rings. The molecule has 1 rings (SSSR count). The molecule has 0 saturated heterocycles. The molecule has 0 amide bonds. The molecule has 0 aliphatic carbocycles. The molecule has 15 heavy (non-hydrogen) atoms. The van der Waals surface area contributed by atoms with E-state index in [1.165, 1.54) is 6.42 Å². The van der Waals surface area contributed by atoms with Crippen molar-refractivity contribution in [3.05, 3.63) is 0 Å². The van der Waals surface area contributed by atoms with E-state index in [0.29, 0.717) is 6.54 Å². The number of amidine groups is 1. The minimum Gasteiger partial charge on any atom is -0.373 e. The SMILES string of the molecule is CCS(=O)(=O)CCNC1=NCCCCC1. The van der Waals surface area contributed by atoms with Crippen LogP contribution in [0.5, 0.6) is 0 Å². The molecule has 0 spiro atoms. The number of nitrogens with zero attached hydrogens (tertiary/aromatic N) is 1. The first-order valence-corrected chi connectivity index (χ1v) is 7.44. The molecule has 5 heteroatoms. The van der Waals surface area contributed by atoms with Gasteiger partial charge in [-0.05, 0) is 12.8 Å². The van der Waals surface area contributed by atoms with E-state index in [1.807, 2.05) is 0 Å². The van der Waals surface area contributed by atoms with Gasteiger partial charge in [-0.25, -0.2) is 8.42 Å². The molecule has 0 radical (unpaired) electrons. The second-order valence-electron chi connectivity index (χ2n) is 3.80. The molecule has 0 saturated carbocycles. The van der Waals surface area contributed by atoms with E-state index in [2.05, 4.69) is 10.3 Å². The van der Waals surface area contributed by atoms with Crippen LogP contribution in [0.3, 0.4) is 0 Å². The van der Waals surface area contributed by atoms with Crippen molar-refractivity contribution >= 4 is 15.7 Å². The normalized spacial score (nSPS) is 18.1. The van der Waals surface area contributed by atoms with Gasteiger partial charge in [-0.1, -0.05) is 13.3 Å². The van der Waals surface area contributed by atoms with Crippen molar-refractivity contribution in [1.82, 2.24) is 5.32 Å². The predicted octanol–water partition coefficient (Wildman–Crippen LogP) is 0.983. The second kappa shape index (κ2) is 6.10. The molecule has 1 aliphatic heterocycles. The molecule has 88 valence electrons. The summed E-state index contributed by atoms with van der Waals surface area (Å²) in [6.45, 7) is 3.05. The standard InChI is InChI=1S/C10H20N2O2S/c1-2-15(13,14)9-8-12-10-6-4-3-5-7-11-10/h2-9H2,1H3,(H,11,12). The fraction of sp³-hybridized carbons (Fsp3) is 0.900.